The normalized spacial score (nSPS) is 43.3. The van der Waals surface area contributed by atoms with Crippen molar-refractivity contribution in [1.82, 2.24) is 0 Å². The number of nitrogens with two attached hydrogens (primary N) is 1. The minimum Gasteiger partial charge on any atom is -0.389 e. The summed E-state index contributed by atoms with van der Waals surface area (Å²) in [5.41, 5.74) is 5.41. The van der Waals surface area contributed by atoms with E-state index in [1.807, 2.05) is 13.8 Å². The molecule has 0 unspecified atom stereocenters. The van der Waals surface area contributed by atoms with E-state index in [4.69, 9.17) is 24.7 Å². The van der Waals surface area contributed by atoms with E-state index in [0.29, 0.717) is 0 Å². The molecule has 3 N–H and O–H groups in total. The lowest BCUT2D eigenvalue weighted by molar-refractivity contribution is -0.226. The Balaban J connectivity index is 2.09. The summed E-state index contributed by atoms with van der Waals surface area (Å²) in [4.78, 5) is 0. The van der Waals surface area contributed by atoms with E-state index in [0.717, 1.165) is 0 Å². The summed E-state index contributed by atoms with van der Waals surface area (Å²) < 4.78 is 22.1. The van der Waals surface area contributed by atoms with Gasteiger partial charge in [-0.3, -0.25) is 0 Å². The Labute approximate surface area is 94.6 Å². The van der Waals surface area contributed by atoms with Gasteiger partial charge < -0.3 is 29.8 Å². The van der Waals surface area contributed by atoms with Crippen LogP contribution in [0.3, 0.4) is 0 Å². The Hall–Kier alpha value is -0.240. The maximum absolute atomic E-state index is 9.70. The van der Waals surface area contributed by atoms with Crippen molar-refractivity contribution in [3.63, 3.8) is 0 Å². The first kappa shape index (κ1) is 12.2. The molecule has 0 aromatic rings. The summed E-state index contributed by atoms with van der Waals surface area (Å²) in [5, 5.41) is 9.70. The van der Waals surface area contributed by atoms with Gasteiger partial charge in [-0.2, -0.15) is 0 Å². The SMILES string of the molecule is CO[C@@H]1[C@H]2OC(C)(C)O[C@H]2O[C@@H]1[C@H](O)CN. The van der Waals surface area contributed by atoms with Crippen molar-refractivity contribution in [3.8, 4) is 0 Å². The molecule has 0 aliphatic carbocycles. The average Bonchev–Trinajstić information content (AvgIpc) is 2.68. The van der Waals surface area contributed by atoms with Gasteiger partial charge in [0.15, 0.2) is 12.1 Å². The van der Waals surface area contributed by atoms with E-state index < -0.39 is 24.3 Å². The van der Waals surface area contributed by atoms with Crippen molar-refractivity contribution in [2.24, 2.45) is 5.73 Å². The molecule has 5 atom stereocenters. The molecule has 0 bridgehead atoms. The van der Waals surface area contributed by atoms with Crippen LogP contribution in [0, 0.1) is 0 Å². The molecule has 0 saturated carbocycles. The second kappa shape index (κ2) is 4.21. The molecule has 0 aromatic heterocycles. The molecule has 2 heterocycles. The first-order valence-electron chi connectivity index (χ1n) is 5.40. The molecule has 2 fully saturated rings. The molecule has 94 valence electrons. The highest BCUT2D eigenvalue weighted by atomic mass is 16.8. The van der Waals surface area contributed by atoms with Crippen LogP contribution in [-0.4, -0.2) is 55.3 Å². The lowest BCUT2D eigenvalue weighted by Crippen LogP contribution is -2.44. The van der Waals surface area contributed by atoms with Crippen LogP contribution in [0.1, 0.15) is 13.8 Å². The Kier molecular flexibility index (Phi) is 3.22. The molecule has 6 nitrogen and oxygen atoms in total. The van der Waals surface area contributed by atoms with Crippen LogP contribution in [0.5, 0.6) is 0 Å². The second-order valence-electron chi connectivity index (χ2n) is 4.57. The zero-order valence-electron chi connectivity index (χ0n) is 9.75. The number of hydrogen-bond acceptors (Lipinski definition) is 6. The predicted octanol–water partition coefficient (Wildman–Crippen LogP) is -0.803. The number of methoxy groups -OCH3 is 1. The summed E-state index contributed by atoms with van der Waals surface area (Å²) >= 11 is 0. The second-order valence-corrected chi connectivity index (χ2v) is 4.57. The predicted molar refractivity (Wildman–Crippen MR) is 54.6 cm³/mol. The summed E-state index contributed by atoms with van der Waals surface area (Å²) in [5.74, 6) is -0.676. The van der Waals surface area contributed by atoms with Gasteiger partial charge in [-0.1, -0.05) is 0 Å². The van der Waals surface area contributed by atoms with E-state index in [1.54, 1.807) is 7.11 Å². The van der Waals surface area contributed by atoms with E-state index in [2.05, 4.69) is 0 Å². The third-order valence-corrected chi connectivity index (χ3v) is 2.92. The molecule has 2 aliphatic heterocycles. The average molecular weight is 233 g/mol. The van der Waals surface area contributed by atoms with Crippen LogP contribution < -0.4 is 5.73 Å². The van der Waals surface area contributed by atoms with Gasteiger partial charge in [0.05, 0.1) is 6.10 Å². The van der Waals surface area contributed by atoms with Crippen molar-refractivity contribution in [2.45, 2.75) is 50.3 Å². The molecule has 2 rings (SSSR count). The number of aliphatic hydroxyl groups excluding tert-OH is 1. The Morgan fingerprint density at radius 3 is 2.69 bits per heavy atom. The Morgan fingerprint density at radius 2 is 2.12 bits per heavy atom. The smallest absolute Gasteiger partial charge is 0.190 e. The first-order valence-corrected chi connectivity index (χ1v) is 5.40. The number of hydrogen-bond donors (Lipinski definition) is 2. The number of aliphatic hydroxyl groups is 1. The molecule has 2 saturated heterocycles. The number of ether oxygens (including phenoxy) is 4. The van der Waals surface area contributed by atoms with Crippen LogP contribution in [-0.2, 0) is 18.9 Å². The summed E-state index contributed by atoms with van der Waals surface area (Å²) in [6.07, 6.45) is -2.44. The van der Waals surface area contributed by atoms with Crippen molar-refractivity contribution in [3.05, 3.63) is 0 Å². The lowest BCUT2D eigenvalue weighted by Gasteiger charge is -2.27. The van der Waals surface area contributed by atoms with E-state index >= 15 is 0 Å². The highest BCUT2D eigenvalue weighted by molar-refractivity contribution is 4.96. The van der Waals surface area contributed by atoms with Gasteiger partial charge in [-0.25, -0.2) is 0 Å². The maximum atomic E-state index is 9.70. The van der Waals surface area contributed by atoms with E-state index in [1.165, 1.54) is 0 Å². The van der Waals surface area contributed by atoms with Crippen LogP contribution in [0.4, 0.5) is 0 Å². The van der Waals surface area contributed by atoms with Gasteiger partial charge in [0.2, 0.25) is 0 Å². The molecule has 16 heavy (non-hydrogen) atoms. The highest BCUT2D eigenvalue weighted by Crippen LogP contribution is 2.39. The Bertz CT molecular complexity index is 260. The summed E-state index contributed by atoms with van der Waals surface area (Å²) in [6.45, 7) is 3.75. The minimum absolute atomic E-state index is 0.118. The fourth-order valence-electron chi connectivity index (χ4n) is 2.22. The van der Waals surface area contributed by atoms with Crippen LogP contribution >= 0.6 is 0 Å². The molecule has 0 spiro atoms. The fraction of sp³-hybridized carbons (Fsp3) is 1.00. The fourth-order valence-corrected chi connectivity index (χ4v) is 2.22. The van der Waals surface area contributed by atoms with Crippen LogP contribution in [0.25, 0.3) is 0 Å². The highest BCUT2D eigenvalue weighted by Gasteiger charge is 2.56. The molecule has 0 aromatic carbocycles. The number of rotatable bonds is 3. The molecular formula is C10H19NO5. The summed E-state index contributed by atoms with van der Waals surface area (Å²) in [7, 11) is 1.56. The summed E-state index contributed by atoms with van der Waals surface area (Å²) in [6, 6.07) is 0. The van der Waals surface area contributed by atoms with Gasteiger partial charge >= 0.3 is 0 Å². The molecule has 2 aliphatic rings. The topological polar surface area (TPSA) is 83.2 Å². The van der Waals surface area contributed by atoms with Crippen molar-refractivity contribution in [1.29, 1.82) is 0 Å². The zero-order valence-corrected chi connectivity index (χ0v) is 9.75. The van der Waals surface area contributed by atoms with Gasteiger partial charge in [0.25, 0.3) is 0 Å². The van der Waals surface area contributed by atoms with Crippen molar-refractivity contribution < 1.29 is 24.1 Å². The van der Waals surface area contributed by atoms with Gasteiger partial charge in [-0.15, -0.1) is 0 Å². The monoisotopic (exact) mass is 233 g/mol. The van der Waals surface area contributed by atoms with E-state index in [-0.39, 0.29) is 18.8 Å². The third-order valence-electron chi connectivity index (χ3n) is 2.92. The van der Waals surface area contributed by atoms with E-state index in [9.17, 15) is 5.11 Å². The largest absolute Gasteiger partial charge is 0.389 e. The molecule has 6 heteroatoms. The van der Waals surface area contributed by atoms with Gasteiger partial charge in [0, 0.05) is 13.7 Å². The maximum Gasteiger partial charge on any atom is 0.190 e. The molecule has 0 amide bonds. The Morgan fingerprint density at radius 1 is 1.44 bits per heavy atom. The minimum atomic E-state index is -0.772. The van der Waals surface area contributed by atoms with Crippen molar-refractivity contribution >= 4 is 0 Å². The zero-order chi connectivity index (χ0) is 11.9. The first-order chi connectivity index (χ1) is 7.48. The lowest BCUT2D eigenvalue weighted by atomic mass is 10.1. The van der Waals surface area contributed by atoms with Gasteiger partial charge in [0.1, 0.15) is 18.3 Å². The standard InChI is InChI=1S/C10H19NO5/c1-10(2)15-8-7(13-3)6(5(12)4-11)14-9(8)16-10/h5-9,12H,4,11H2,1-3H3/t5-,6-,7+,8-,9-/m1/s1. The number of fused-ring (bicyclic) bond motifs is 1. The molecule has 0 radical (unpaired) electrons. The third kappa shape index (κ3) is 1.97. The molecular weight excluding hydrogens is 214 g/mol. The van der Waals surface area contributed by atoms with Gasteiger partial charge in [-0.05, 0) is 13.8 Å². The quantitative estimate of drug-likeness (QED) is 0.664. The van der Waals surface area contributed by atoms with Crippen LogP contribution in [0.2, 0.25) is 0 Å². The van der Waals surface area contributed by atoms with Crippen molar-refractivity contribution in [2.75, 3.05) is 13.7 Å². The van der Waals surface area contributed by atoms with Crippen LogP contribution in [0.15, 0.2) is 0 Å².